The summed E-state index contributed by atoms with van der Waals surface area (Å²) in [6.45, 7) is 3.71. The van der Waals surface area contributed by atoms with E-state index in [1.54, 1.807) is 24.1 Å². The number of anilines is 1. The Balaban J connectivity index is 1.54. The van der Waals surface area contributed by atoms with Gasteiger partial charge in [0.25, 0.3) is 11.6 Å². The molecule has 1 amide bonds. The molecule has 8 nitrogen and oxygen atoms in total. The summed E-state index contributed by atoms with van der Waals surface area (Å²) in [7, 11) is 1.60. The first-order chi connectivity index (χ1) is 14.9. The van der Waals surface area contributed by atoms with Crippen LogP contribution in [0.15, 0.2) is 42.5 Å². The summed E-state index contributed by atoms with van der Waals surface area (Å²) in [5.74, 6) is 0.606. The Labute approximate surface area is 184 Å². The van der Waals surface area contributed by atoms with E-state index >= 15 is 0 Å². The SMILES string of the molecule is COc1ccc2nc(C)c(C(=O)N3CCN(c4ccc(Cl)cc4[N+](=O)[O-])CC3)cc2c1. The molecule has 2 heterocycles. The molecule has 0 bridgehead atoms. The van der Waals surface area contributed by atoms with Crippen LogP contribution in [0.4, 0.5) is 11.4 Å². The molecule has 9 heteroatoms. The highest BCUT2D eigenvalue weighted by molar-refractivity contribution is 6.30. The van der Waals surface area contributed by atoms with Gasteiger partial charge < -0.3 is 14.5 Å². The molecule has 1 saturated heterocycles. The lowest BCUT2D eigenvalue weighted by Gasteiger charge is -2.36. The number of methoxy groups -OCH3 is 1. The summed E-state index contributed by atoms with van der Waals surface area (Å²) in [6.07, 6.45) is 0. The second-order valence-corrected chi connectivity index (χ2v) is 7.79. The van der Waals surface area contributed by atoms with Crippen molar-refractivity contribution >= 4 is 39.8 Å². The summed E-state index contributed by atoms with van der Waals surface area (Å²) in [4.78, 5) is 32.4. The lowest BCUT2D eigenvalue weighted by atomic mass is 10.1. The number of aryl methyl sites for hydroxylation is 1. The van der Waals surface area contributed by atoms with E-state index in [0.717, 1.165) is 10.9 Å². The predicted octanol–water partition coefficient (Wildman–Crippen LogP) is 4.08. The molecule has 3 aromatic rings. The van der Waals surface area contributed by atoms with Crippen LogP contribution in [0.25, 0.3) is 10.9 Å². The number of pyridine rings is 1. The van der Waals surface area contributed by atoms with E-state index in [9.17, 15) is 14.9 Å². The molecule has 4 rings (SSSR count). The van der Waals surface area contributed by atoms with Crippen molar-refractivity contribution in [3.63, 3.8) is 0 Å². The number of nitro groups is 1. The van der Waals surface area contributed by atoms with Gasteiger partial charge in [0.15, 0.2) is 0 Å². The van der Waals surface area contributed by atoms with Crippen LogP contribution >= 0.6 is 11.6 Å². The number of aromatic nitrogens is 1. The highest BCUT2D eigenvalue weighted by Crippen LogP contribution is 2.32. The van der Waals surface area contributed by atoms with Gasteiger partial charge in [-0.3, -0.25) is 19.9 Å². The van der Waals surface area contributed by atoms with Crippen molar-refractivity contribution in [3.8, 4) is 5.75 Å². The van der Waals surface area contributed by atoms with E-state index in [1.165, 1.54) is 6.07 Å². The fourth-order valence-corrected chi connectivity index (χ4v) is 3.99. The summed E-state index contributed by atoms with van der Waals surface area (Å²) in [5.41, 5.74) is 2.49. The predicted molar refractivity (Wildman–Crippen MR) is 119 cm³/mol. The number of hydrogen-bond acceptors (Lipinski definition) is 6. The largest absolute Gasteiger partial charge is 0.497 e. The fraction of sp³-hybridized carbons (Fsp3) is 0.273. The first-order valence-electron chi connectivity index (χ1n) is 9.81. The second kappa shape index (κ2) is 8.39. The molecule has 0 aliphatic carbocycles. The lowest BCUT2D eigenvalue weighted by molar-refractivity contribution is -0.384. The van der Waals surface area contributed by atoms with Crippen LogP contribution in [-0.4, -0.2) is 54.0 Å². The Hall–Kier alpha value is -3.39. The van der Waals surface area contributed by atoms with Gasteiger partial charge in [0.2, 0.25) is 0 Å². The minimum atomic E-state index is -0.433. The lowest BCUT2D eigenvalue weighted by Crippen LogP contribution is -2.49. The minimum Gasteiger partial charge on any atom is -0.497 e. The van der Waals surface area contributed by atoms with Gasteiger partial charge in [-0.1, -0.05) is 11.6 Å². The van der Waals surface area contributed by atoms with Gasteiger partial charge in [0.1, 0.15) is 11.4 Å². The number of amides is 1. The van der Waals surface area contributed by atoms with Crippen LogP contribution in [0.1, 0.15) is 16.1 Å². The van der Waals surface area contributed by atoms with E-state index in [2.05, 4.69) is 4.98 Å². The maximum atomic E-state index is 13.2. The molecule has 160 valence electrons. The van der Waals surface area contributed by atoms with Gasteiger partial charge >= 0.3 is 0 Å². The first-order valence-corrected chi connectivity index (χ1v) is 10.2. The molecule has 2 aromatic carbocycles. The Kier molecular flexibility index (Phi) is 5.65. The number of hydrogen-bond donors (Lipinski definition) is 0. The van der Waals surface area contributed by atoms with E-state index in [1.807, 2.05) is 36.1 Å². The zero-order chi connectivity index (χ0) is 22.1. The van der Waals surface area contributed by atoms with Crippen molar-refractivity contribution in [2.75, 3.05) is 38.2 Å². The average Bonchev–Trinajstić information content (AvgIpc) is 2.78. The Morgan fingerprint density at radius 2 is 1.87 bits per heavy atom. The quantitative estimate of drug-likeness (QED) is 0.448. The zero-order valence-electron chi connectivity index (χ0n) is 17.2. The fourth-order valence-electron chi connectivity index (χ4n) is 3.83. The third kappa shape index (κ3) is 4.11. The second-order valence-electron chi connectivity index (χ2n) is 7.35. The average molecular weight is 441 g/mol. The Bertz CT molecular complexity index is 1180. The van der Waals surface area contributed by atoms with Gasteiger partial charge in [-0.05, 0) is 43.3 Å². The topological polar surface area (TPSA) is 88.8 Å². The van der Waals surface area contributed by atoms with Gasteiger partial charge in [-0.2, -0.15) is 0 Å². The molecule has 1 aromatic heterocycles. The highest BCUT2D eigenvalue weighted by Gasteiger charge is 2.27. The molecule has 31 heavy (non-hydrogen) atoms. The van der Waals surface area contributed by atoms with Crippen molar-refractivity contribution in [1.29, 1.82) is 0 Å². The summed E-state index contributed by atoms with van der Waals surface area (Å²) in [5, 5.41) is 12.6. The third-order valence-electron chi connectivity index (χ3n) is 5.48. The molecular formula is C22H21ClN4O4. The number of carbonyl (C=O) groups is 1. The van der Waals surface area contributed by atoms with Crippen LogP contribution < -0.4 is 9.64 Å². The van der Waals surface area contributed by atoms with E-state index in [4.69, 9.17) is 16.3 Å². The highest BCUT2D eigenvalue weighted by atomic mass is 35.5. The smallest absolute Gasteiger partial charge is 0.294 e. The van der Waals surface area contributed by atoms with E-state index in [0.29, 0.717) is 53.9 Å². The molecule has 0 N–H and O–H groups in total. The number of halogens is 1. The van der Waals surface area contributed by atoms with Gasteiger partial charge in [-0.15, -0.1) is 0 Å². The number of nitrogens with zero attached hydrogens (tertiary/aromatic N) is 4. The molecule has 1 aliphatic heterocycles. The van der Waals surface area contributed by atoms with Gasteiger partial charge in [-0.25, -0.2) is 0 Å². The number of piperazine rings is 1. The number of fused-ring (bicyclic) bond motifs is 1. The zero-order valence-corrected chi connectivity index (χ0v) is 17.9. The third-order valence-corrected chi connectivity index (χ3v) is 5.72. The molecule has 0 atom stereocenters. The number of benzene rings is 2. The number of rotatable bonds is 4. The maximum Gasteiger partial charge on any atom is 0.294 e. The summed E-state index contributed by atoms with van der Waals surface area (Å²) < 4.78 is 5.27. The standard InChI is InChI=1S/C22H21ClN4O4/c1-14-18(12-15-11-17(31-2)4-5-19(15)24-14)22(28)26-9-7-25(8-10-26)20-6-3-16(23)13-21(20)27(29)30/h3-6,11-13H,7-10H2,1-2H3. The van der Waals surface area contributed by atoms with Crippen LogP contribution in [-0.2, 0) is 0 Å². The normalized spacial score (nSPS) is 14.0. The van der Waals surface area contributed by atoms with Crippen LogP contribution in [0.5, 0.6) is 5.75 Å². The van der Waals surface area contributed by atoms with Crippen molar-refractivity contribution in [1.82, 2.24) is 9.88 Å². The van der Waals surface area contributed by atoms with Crippen LogP contribution in [0.2, 0.25) is 5.02 Å². The number of nitro benzene ring substituents is 1. The molecule has 1 fully saturated rings. The Morgan fingerprint density at radius 1 is 1.13 bits per heavy atom. The molecule has 0 radical (unpaired) electrons. The van der Waals surface area contributed by atoms with Gasteiger partial charge in [0.05, 0.1) is 28.8 Å². The summed E-state index contributed by atoms with van der Waals surface area (Å²) in [6, 6.07) is 12.1. The molecule has 0 spiro atoms. The number of carbonyl (C=O) groups excluding carboxylic acids is 1. The van der Waals surface area contributed by atoms with Crippen molar-refractivity contribution < 1.29 is 14.5 Å². The van der Waals surface area contributed by atoms with Crippen molar-refractivity contribution in [3.05, 3.63) is 68.9 Å². The van der Waals surface area contributed by atoms with Crippen LogP contribution in [0.3, 0.4) is 0 Å². The molecule has 1 aliphatic rings. The summed E-state index contributed by atoms with van der Waals surface area (Å²) >= 11 is 5.92. The van der Waals surface area contributed by atoms with Gasteiger partial charge in [0, 0.05) is 42.7 Å². The molecule has 0 unspecified atom stereocenters. The van der Waals surface area contributed by atoms with Crippen LogP contribution in [0, 0.1) is 17.0 Å². The van der Waals surface area contributed by atoms with E-state index < -0.39 is 4.92 Å². The molecule has 0 saturated carbocycles. The Morgan fingerprint density at radius 3 is 2.55 bits per heavy atom. The molecular weight excluding hydrogens is 420 g/mol. The maximum absolute atomic E-state index is 13.2. The number of ether oxygens (including phenoxy) is 1. The van der Waals surface area contributed by atoms with Crippen molar-refractivity contribution in [2.24, 2.45) is 0 Å². The van der Waals surface area contributed by atoms with Crippen molar-refractivity contribution in [2.45, 2.75) is 6.92 Å². The van der Waals surface area contributed by atoms with E-state index in [-0.39, 0.29) is 11.6 Å². The first kappa shape index (κ1) is 20.9. The minimum absolute atomic E-state index is 0.0317. The monoisotopic (exact) mass is 440 g/mol.